The fourth-order valence-electron chi connectivity index (χ4n) is 1.14. The lowest BCUT2D eigenvalue weighted by molar-refractivity contribution is -0.144. The second-order valence-electron chi connectivity index (χ2n) is 3.29. The maximum Gasteiger partial charge on any atom is 0.333 e. The minimum absolute atomic E-state index is 0.364. The van der Waals surface area contributed by atoms with Gasteiger partial charge in [0.2, 0.25) is 0 Å². The molecule has 0 aliphatic carbocycles. The van der Waals surface area contributed by atoms with Crippen molar-refractivity contribution < 1.29 is 19.4 Å². The first-order valence-corrected chi connectivity index (χ1v) is 5.97. The molecular weight excluding hydrogens is 218 g/mol. The molecule has 0 bridgehead atoms. The second kappa shape index (κ2) is 5.97. The van der Waals surface area contributed by atoms with Crippen LogP contribution in [0.5, 0.6) is 0 Å². The molecule has 1 aliphatic heterocycles. The van der Waals surface area contributed by atoms with Gasteiger partial charge in [-0.1, -0.05) is 13.3 Å². The lowest BCUT2D eigenvalue weighted by atomic mass is 10.3. The standard InChI is InChI=1S/C9H15NO4S/c1-2-3-4-14-9(13)7-10-6(5-15-7)8(11)12/h6-7,10H,2-5H2,1H3,(H,11,12). The third-order valence-corrected chi connectivity index (χ3v) is 3.22. The van der Waals surface area contributed by atoms with Gasteiger partial charge in [-0.25, -0.2) is 4.79 Å². The maximum absolute atomic E-state index is 11.4. The van der Waals surface area contributed by atoms with Crippen LogP contribution in [-0.4, -0.2) is 40.8 Å². The summed E-state index contributed by atoms with van der Waals surface area (Å²) < 4.78 is 4.98. The Morgan fingerprint density at radius 2 is 2.33 bits per heavy atom. The van der Waals surface area contributed by atoms with Gasteiger partial charge in [0.25, 0.3) is 0 Å². The molecule has 86 valence electrons. The molecule has 0 amide bonds. The van der Waals surface area contributed by atoms with Crippen molar-refractivity contribution in [3.8, 4) is 0 Å². The molecule has 5 nitrogen and oxygen atoms in total. The van der Waals surface area contributed by atoms with Gasteiger partial charge in [-0.05, 0) is 6.42 Å². The molecule has 1 saturated heterocycles. The number of aliphatic carboxylic acids is 1. The van der Waals surface area contributed by atoms with Crippen molar-refractivity contribution >= 4 is 23.7 Å². The molecule has 1 rings (SSSR count). The Labute approximate surface area is 92.6 Å². The number of hydrogen-bond acceptors (Lipinski definition) is 5. The molecule has 6 heteroatoms. The zero-order valence-electron chi connectivity index (χ0n) is 8.56. The number of carbonyl (C=O) groups excluding carboxylic acids is 1. The Balaban J connectivity index is 2.27. The Bertz CT molecular complexity index is 246. The number of carboxylic acid groups (broad SMARTS) is 1. The highest BCUT2D eigenvalue weighted by Gasteiger charge is 2.34. The van der Waals surface area contributed by atoms with Crippen molar-refractivity contribution in [2.45, 2.75) is 31.2 Å². The number of hydrogen-bond donors (Lipinski definition) is 2. The molecule has 2 N–H and O–H groups in total. The summed E-state index contributed by atoms with van der Waals surface area (Å²) >= 11 is 1.28. The van der Waals surface area contributed by atoms with Gasteiger partial charge in [-0.3, -0.25) is 10.1 Å². The molecule has 0 aromatic heterocycles. The lowest BCUT2D eigenvalue weighted by Crippen LogP contribution is -2.40. The molecular formula is C9H15NO4S. The van der Waals surface area contributed by atoms with E-state index in [1.807, 2.05) is 6.92 Å². The Hall–Kier alpha value is -0.750. The summed E-state index contributed by atoms with van der Waals surface area (Å²) in [6.07, 6.45) is 1.81. The van der Waals surface area contributed by atoms with Crippen LogP contribution in [0.1, 0.15) is 19.8 Å². The molecule has 0 aromatic carbocycles. The quantitative estimate of drug-likeness (QED) is 0.530. The first kappa shape index (κ1) is 12.3. The van der Waals surface area contributed by atoms with Crippen LogP contribution in [0.25, 0.3) is 0 Å². The van der Waals surface area contributed by atoms with Gasteiger partial charge in [-0.15, -0.1) is 11.8 Å². The van der Waals surface area contributed by atoms with E-state index in [1.54, 1.807) is 0 Å². The van der Waals surface area contributed by atoms with Gasteiger partial charge in [0.15, 0.2) is 5.37 Å². The second-order valence-corrected chi connectivity index (χ2v) is 4.43. The van der Waals surface area contributed by atoms with Gasteiger partial charge in [-0.2, -0.15) is 0 Å². The van der Waals surface area contributed by atoms with Crippen LogP contribution in [0.2, 0.25) is 0 Å². The topological polar surface area (TPSA) is 75.6 Å². The highest BCUT2D eigenvalue weighted by Crippen LogP contribution is 2.19. The lowest BCUT2D eigenvalue weighted by Gasteiger charge is -2.10. The van der Waals surface area contributed by atoms with E-state index in [4.69, 9.17) is 9.84 Å². The maximum atomic E-state index is 11.4. The normalized spacial score (nSPS) is 25.1. The Kier molecular flexibility index (Phi) is 4.90. The van der Waals surface area contributed by atoms with Crippen molar-refractivity contribution in [1.82, 2.24) is 5.32 Å². The first-order chi connectivity index (χ1) is 7.15. The summed E-state index contributed by atoms with van der Waals surface area (Å²) in [5.74, 6) is -0.883. The minimum atomic E-state index is -0.925. The smallest absolute Gasteiger partial charge is 0.333 e. The van der Waals surface area contributed by atoms with E-state index >= 15 is 0 Å². The predicted octanol–water partition coefficient (Wildman–Crippen LogP) is 0.445. The van der Waals surface area contributed by atoms with E-state index in [1.165, 1.54) is 11.8 Å². The number of carboxylic acids is 1. The van der Waals surface area contributed by atoms with Crippen LogP contribution in [0.3, 0.4) is 0 Å². The average Bonchev–Trinajstić information content (AvgIpc) is 2.66. The highest BCUT2D eigenvalue weighted by molar-refractivity contribution is 8.00. The number of thioether (sulfide) groups is 1. The minimum Gasteiger partial charge on any atom is -0.480 e. The summed E-state index contributed by atoms with van der Waals surface area (Å²) in [5, 5.41) is 10.9. The number of ether oxygens (including phenoxy) is 1. The fraction of sp³-hybridized carbons (Fsp3) is 0.778. The van der Waals surface area contributed by atoms with Crippen molar-refractivity contribution in [1.29, 1.82) is 0 Å². The summed E-state index contributed by atoms with van der Waals surface area (Å²) in [7, 11) is 0. The van der Waals surface area contributed by atoms with Gasteiger partial charge in [0, 0.05) is 5.75 Å². The predicted molar refractivity (Wildman–Crippen MR) is 56.7 cm³/mol. The largest absolute Gasteiger partial charge is 0.480 e. The van der Waals surface area contributed by atoms with E-state index in [0.717, 1.165) is 12.8 Å². The summed E-state index contributed by atoms with van der Waals surface area (Å²) in [6, 6.07) is -0.640. The van der Waals surface area contributed by atoms with Crippen LogP contribution in [0, 0.1) is 0 Å². The van der Waals surface area contributed by atoms with Gasteiger partial charge >= 0.3 is 11.9 Å². The molecule has 0 aromatic rings. The summed E-state index contributed by atoms with van der Waals surface area (Å²) in [6.45, 7) is 2.42. The monoisotopic (exact) mass is 233 g/mol. The number of unbranched alkanes of at least 4 members (excludes halogenated alkanes) is 1. The molecule has 1 heterocycles. The molecule has 2 atom stereocenters. The van der Waals surface area contributed by atoms with E-state index in [2.05, 4.69) is 5.32 Å². The van der Waals surface area contributed by atoms with Crippen LogP contribution in [-0.2, 0) is 14.3 Å². The van der Waals surface area contributed by atoms with Gasteiger partial charge < -0.3 is 9.84 Å². The van der Waals surface area contributed by atoms with Crippen molar-refractivity contribution in [3.63, 3.8) is 0 Å². The third-order valence-electron chi connectivity index (χ3n) is 2.04. The van der Waals surface area contributed by atoms with E-state index < -0.39 is 17.4 Å². The summed E-state index contributed by atoms with van der Waals surface area (Å²) in [5.41, 5.74) is 0. The van der Waals surface area contributed by atoms with E-state index in [0.29, 0.717) is 12.4 Å². The first-order valence-electron chi connectivity index (χ1n) is 4.92. The Morgan fingerprint density at radius 3 is 2.87 bits per heavy atom. The SMILES string of the molecule is CCCCOC(=O)C1NC(C(=O)O)CS1. The molecule has 2 unspecified atom stereocenters. The Morgan fingerprint density at radius 1 is 1.60 bits per heavy atom. The number of esters is 1. The highest BCUT2D eigenvalue weighted by atomic mass is 32.2. The molecule has 0 radical (unpaired) electrons. The molecule has 1 fully saturated rings. The van der Waals surface area contributed by atoms with Gasteiger partial charge in [0.05, 0.1) is 6.61 Å². The van der Waals surface area contributed by atoms with Crippen molar-refractivity contribution in [2.24, 2.45) is 0 Å². The van der Waals surface area contributed by atoms with Crippen molar-refractivity contribution in [3.05, 3.63) is 0 Å². The van der Waals surface area contributed by atoms with Crippen LogP contribution >= 0.6 is 11.8 Å². The van der Waals surface area contributed by atoms with E-state index in [9.17, 15) is 9.59 Å². The van der Waals surface area contributed by atoms with E-state index in [-0.39, 0.29) is 5.97 Å². The van der Waals surface area contributed by atoms with Crippen molar-refractivity contribution in [2.75, 3.05) is 12.4 Å². The van der Waals surface area contributed by atoms with Crippen LogP contribution < -0.4 is 5.32 Å². The third kappa shape index (κ3) is 3.71. The zero-order valence-corrected chi connectivity index (χ0v) is 9.38. The number of nitrogens with one attached hydrogen (secondary N) is 1. The fourth-order valence-corrected chi connectivity index (χ4v) is 2.23. The van der Waals surface area contributed by atoms with Crippen LogP contribution in [0.15, 0.2) is 0 Å². The molecule has 1 aliphatic rings. The van der Waals surface area contributed by atoms with Gasteiger partial charge in [0.1, 0.15) is 6.04 Å². The number of rotatable bonds is 5. The summed E-state index contributed by atoms with van der Waals surface area (Å²) in [4.78, 5) is 22.0. The molecule has 0 saturated carbocycles. The van der Waals surface area contributed by atoms with Crippen LogP contribution in [0.4, 0.5) is 0 Å². The average molecular weight is 233 g/mol. The molecule has 0 spiro atoms. The molecule has 15 heavy (non-hydrogen) atoms. The zero-order chi connectivity index (χ0) is 11.3. The number of carbonyl (C=O) groups is 2.